The molecule has 21 heavy (non-hydrogen) atoms. The van der Waals surface area contributed by atoms with E-state index in [0.717, 1.165) is 12.3 Å². The van der Waals surface area contributed by atoms with Crippen molar-refractivity contribution in [3.05, 3.63) is 23.4 Å². The molecule has 1 amide bonds. The van der Waals surface area contributed by atoms with Crippen molar-refractivity contribution in [3.8, 4) is 0 Å². The fourth-order valence-corrected chi connectivity index (χ4v) is 2.04. The molecule has 2 heterocycles. The maximum absolute atomic E-state index is 12.7. The highest BCUT2D eigenvalue weighted by atomic mass is 35.5. The van der Waals surface area contributed by atoms with Gasteiger partial charge in [-0.25, -0.2) is 4.98 Å². The van der Waals surface area contributed by atoms with Crippen molar-refractivity contribution in [1.29, 1.82) is 0 Å². The largest absolute Gasteiger partial charge is 0.417 e. The Balaban J connectivity index is 0.00000220. The summed E-state index contributed by atoms with van der Waals surface area (Å²) in [6.07, 6.45) is -3.75. The molecule has 0 aliphatic carbocycles. The number of nitrogens with one attached hydrogen (secondary N) is 2. The van der Waals surface area contributed by atoms with E-state index < -0.39 is 17.6 Å². The molecule has 0 atom stereocenters. The van der Waals surface area contributed by atoms with Gasteiger partial charge in [0.15, 0.2) is 0 Å². The number of aromatic nitrogens is 1. The van der Waals surface area contributed by atoms with Crippen molar-refractivity contribution in [3.63, 3.8) is 0 Å². The smallest absolute Gasteiger partial charge is 0.355 e. The average Bonchev–Trinajstić information content (AvgIpc) is 2.45. The number of piperazine rings is 1. The maximum atomic E-state index is 12.7. The first-order valence-corrected chi connectivity index (χ1v) is 6.18. The summed E-state index contributed by atoms with van der Waals surface area (Å²) in [5.41, 5.74) is -0.973. The minimum absolute atomic E-state index is 0. The molecule has 1 fully saturated rings. The number of rotatable bonds is 2. The van der Waals surface area contributed by atoms with E-state index in [4.69, 9.17) is 0 Å². The molecule has 0 saturated carbocycles. The summed E-state index contributed by atoms with van der Waals surface area (Å²) >= 11 is 0. The number of hydrogen-bond acceptors (Lipinski definition) is 4. The molecule has 118 valence electrons. The number of carbonyl (C=O) groups excluding carboxylic acids is 1. The van der Waals surface area contributed by atoms with Gasteiger partial charge in [-0.05, 0) is 6.07 Å². The molecule has 0 radical (unpaired) electrons. The summed E-state index contributed by atoms with van der Waals surface area (Å²) in [5, 5.41) is 5.48. The van der Waals surface area contributed by atoms with Gasteiger partial charge in [0.25, 0.3) is 5.91 Å². The van der Waals surface area contributed by atoms with Crippen LogP contribution < -0.4 is 15.5 Å². The Morgan fingerprint density at radius 3 is 2.52 bits per heavy atom. The van der Waals surface area contributed by atoms with Crippen molar-refractivity contribution < 1.29 is 18.0 Å². The van der Waals surface area contributed by atoms with Gasteiger partial charge >= 0.3 is 6.18 Å². The monoisotopic (exact) mass is 324 g/mol. The molecule has 2 rings (SSSR count). The van der Waals surface area contributed by atoms with Crippen LogP contribution in [0, 0.1) is 0 Å². The van der Waals surface area contributed by atoms with E-state index in [2.05, 4.69) is 15.6 Å². The van der Waals surface area contributed by atoms with Gasteiger partial charge in [0, 0.05) is 39.4 Å². The first-order chi connectivity index (χ1) is 9.43. The summed E-state index contributed by atoms with van der Waals surface area (Å²) in [4.78, 5) is 17.5. The predicted molar refractivity (Wildman–Crippen MR) is 75.0 cm³/mol. The normalized spacial score (nSPS) is 15.3. The zero-order valence-corrected chi connectivity index (χ0v) is 12.1. The van der Waals surface area contributed by atoms with Crippen LogP contribution >= 0.6 is 12.4 Å². The molecule has 1 aliphatic rings. The Hall–Kier alpha value is -1.54. The summed E-state index contributed by atoms with van der Waals surface area (Å²) in [6.45, 7) is 2.61. The van der Waals surface area contributed by atoms with Crippen LogP contribution in [0.15, 0.2) is 12.3 Å². The summed E-state index contributed by atoms with van der Waals surface area (Å²) in [6, 6.07) is 0.850. The van der Waals surface area contributed by atoms with Crippen LogP contribution in [-0.2, 0) is 6.18 Å². The van der Waals surface area contributed by atoms with Crippen LogP contribution in [0.25, 0.3) is 0 Å². The maximum Gasteiger partial charge on any atom is 0.417 e. The molecular formula is C12H16ClF3N4O. The van der Waals surface area contributed by atoms with Gasteiger partial charge < -0.3 is 15.5 Å². The molecule has 1 aromatic heterocycles. The van der Waals surface area contributed by atoms with E-state index in [9.17, 15) is 18.0 Å². The SMILES string of the molecule is CNC(=O)c1cc(C(F)(F)F)cnc1N1CCNCC1.Cl. The minimum Gasteiger partial charge on any atom is -0.355 e. The van der Waals surface area contributed by atoms with E-state index in [0.29, 0.717) is 32.0 Å². The van der Waals surface area contributed by atoms with E-state index >= 15 is 0 Å². The highest BCUT2D eigenvalue weighted by Crippen LogP contribution is 2.31. The summed E-state index contributed by atoms with van der Waals surface area (Å²) < 4.78 is 38.1. The standard InChI is InChI=1S/C12H15F3N4O.ClH/c1-16-11(20)9-6-8(12(13,14)15)7-18-10(9)19-4-2-17-3-5-19;/h6-7,17H,2-5H2,1H3,(H,16,20);1H. The third-order valence-corrected chi connectivity index (χ3v) is 3.08. The van der Waals surface area contributed by atoms with Gasteiger partial charge in [-0.3, -0.25) is 4.79 Å². The van der Waals surface area contributed by atoms with Gasteiger partial charge in [0.2, 0.25) is 0 Å². The molecular weight excluding hydrogens is 309 g/mol. The molecule has 1 saturated heterocycles. The van der Waals surface area contributed by atoms with Gasteiger partial charge in [0.05, 0.1) is 11.1 Å². The summed E-state index contributed by atoms with van der Waals surface area (Å²) in [5.74, 6) is -0.281. The molecule has 0 bridgehead atoms. The lowest BCUT2D eigenvalue weighted by Gasteiger charge is -2.29. The number of anilines is 1. The first-order valence-electron chi connectivity index (χ1n) is 6.18. The molecule has 0 unspecified atom stereocenters. The van der Waals surface area contributed by atoms with Crippen molar-refractivity contribution in [2.24, 2.45) is 0 Å². The van der Waals surface area contributed by atoms with Crippen LogP contribution in [0.4, 0.5) is 19.0 Å². The first kappa shape index (κ1) is 17.5. The highest BCUT2D eigenvalue weighted by Gasteiger charge is 2.33. The number of amides is 1. The van der Waals surface area contributed by atoms with Crippen molar-refractivity contribution in [1.82, 2.24) is 15.6 Å². The van der Waals surface area contributed by atoms with E-state index in [1.54, 1.807) is 4.90 Å². The number of nitrogens with zero attached hydrogens (tertiary/aromatic N) is 2. The predicted octanol–water partition coefficient (Wildman–Crippen LogP) is 1.29. The van der Waals surface area contributed by atoms with Crippen molar-refractivity contribution in [2.75, 3.05) is 38.1 Å². The van der Waals surface area contributed by atoms with Gasteiger partial charge in [-0.2, -0.15) is 13.2 Å². The molecule has 5 nitrogen and oxygen atoms in total. The third-order valence-electron chi connectivity index (χ3n) is 3.08. The summed E-state index contributed by atoms with van der Waals surface area (Å²) in [7, 11) is 1.38. The van der Waals surface area contributed by atoms with Crippen LogP contribution in [0.2, 0.25) is 0 Å². The molecule has 2 N–H and O–H groups in total. The highest BCUT2D eigenvalue weighted by molar-refractivity contribution is 5.99. The topological polar surface area (TPSA) is 57.3 Å². The van der Waals surface area contributed by atoms with Crippen LogP contribution in [0.1, 0.15) is 15.9 Å². The van der Waals surface area contributed by atoms with Crippen molar-refractivity contribution >= 4 is 24.1 Å². The zero-order valence-electron chi connectivity index (χ0n) is 11.3. The Morgan fingerprint density at radius 2 is 2.00 bits per heavy atom. The molecule has 1 aromatic rings. The Bertz CT molecular complexity index is 504. The second kappa shape index (κ2) is 6.95. The van der Waals surface area contributed by atoms with Crippen LogP contribution in [0.3, 0.4) is 0 Å². The van der Waals surface area contributed by atoms with Gasteiger partial charge in [-0.15, -0.1) is 12.4 Å². The van der Waals surface area contributed by atoms with Crippen molar-refractivity contribution in [2.45, 2.75) is 6.18 Å². The Labute approximate surface area is 126 Å². The lowest BCUT2D eigenvalue weighted by molar-refractivity contribution is -0.137. The average molecular weight is 325 g/mol. The van der Waals surface area contributed by atoms with E-state index in [1.807, 2.05) is 0 Å². The quantitative estimate of drug-likeness (QED) is 0.861. The van der Waals surface area contributed by atoms with E-state index in [1.165, 1.54) is 7.05 Å². The lowest BCUT2D eigenvalue weighted by atomic mass is 10.1. The molecule has 1 aliphatic heterocycles. The zero-order chi connectivity index (χ0) is 14.8. The number of pyridine rings is 1. The number of alkyl halides is 3. The minimum atomic E-state index is -4.52. The number of carbonyl (C=O) groups is 1. The second-order valence-corrected chi connectivity index (χ2v) is 4.41. The van der Waals surface area contributed by atoms with E-state index in [-0.39, 0.29) is 18.0 Å². The number of hydrogen-bond donors (Lipinski definition) is 2. The molecule has 0 aromatic carbocycles. The third kappa shape index (κ3) is 3.98. The molecule has 9 heteroatoms. The Kier molecular flexibility index (Phi) is 5.79. The fraction of sp³-hybridized carbons (Fsp3) is 0.500. The second-order valence-electron chi connectivity index (χ2n) is 4.41. The Morgan fingerprint density at radius 1 is 1.38 bits per heavy atom. The van der Waals surface area contributed by atoms with Crippen LogP contribution in [-0.4, -0.2) is 44.1 Å². The number of halogens is 4. The van der Waals surface area contributed by atoms with Crippen LogP contribution in [0.5, 0.6) is 0 Å². The fourth-order valence-electron chi connectivity index (χ4n) is 2.04. The van der Waals surface area contributed by atoms with Gasteiger partial charge in [0.1, 0.15) is 5.82 Å². The lowest BCUT2D eigenvalue weighted by Crippen LogP contribution is -2.44. The molecule has 0 spiro atoms. The van der Waals surface area contributed by atoms with Gasteiger partial charge in [-0.1, -0.05) is 0 Å².